The minimum Gasteiger partial charge on any atom is -0.383 e. The molecule has 0 saturated heterocycles. The Balaban J connectivity index is 1.90. The van der Waals surface area contributed by atoms with Gasteiger partial charge in [0.2, 0.25) is 5.91 Å². The van der Waals surface area contributed by atoms with Gasteiger partial charge in [0.15, 0.2) is 0 Å². The van der Waals surface area contributed by atoms with Gasteiger partial charge in [0.1, 0.15) is 0 Å². The van der Waals surface area contributed by atoms with Crippen LogP contribution in [0.4, 0.5) is 0 Å². The van der Waals surface area contributed by atoms with E-state index in [1.54, 1.807) is 7.11 Å². The number of ether oxygens (including phenoxy) is 1. The van der Waals surface area contributed by atoms with Crippen LogP contribution in [0.2, 0.25) is 0 Å². The molecule has 3 N–H and O–H groups in total. The summed E-state index contributed by atoms with van der Waals surface area (Å²) in [4.78, 5) is 23.8. The van der Waals surface area contributed by atoms with Crippen molar-refractivity contribution >= 4 is 11.8 Å². The molecular weight excluding hydrogens is 270 g/mol. The van der Waals surface area contributed by atoms with E-state index in [2.05, 4.69) is 16.0 Å². The molecule has 1 aliphatic heterocycles. The standard InChI is InChI=1S/C15H21N3O3/c1-21-8-7-17-14(19)10-18-15(20)13-4-2-3-11-9-16-6-5-12(11)13/h2-4,16H,5-10H2,1H3,(H,17,19)(H,18,20). The first-order valence-electron chi connectivity index (χ1n) is 7.07. The van der Waals surface area contributed by atoms with E-state index in [4.69, 9.17) is 4.74 Å². The summed E-state index contributed by atoms with van der Waals surface area (Å²) in [5, 5.41) is 8.61. The van der Waals surface area contributed by atoms with Gasteiger partial charge in [0.25, 0.3) is 5.91 Å². The molecule has 2 rings (SSSR count). The fourth-order valence-electron chi connectivity index (χ4n) is 2.36. The van der Waals surface area contributed by atoms with Gasteiger partial charge in [-0.3, -0.25) is 9.59 Å². The van der Waals surface area contributed by atoms with E-state index in [1.807, 2.05) is 18.2 Å². The summed E-state index contributed by atoms with van der Waals surface area (Å²) in [7, 11) is 1.57. The lowest BCUT2D eigenvalue weighted by molar-refractivity contribution is -0.120. The molecule has 1 aromatic carbocycles. The molecule has 0 aliphatic carbocycles. The zero-order chi connectivity index (χ0) is 15.1. The first kappa shape index (κ1) is 15.5. The summed E-state index contributed by atoms with van der Waals surface area (Å²) in [6.45, 7) is 2.53. The van der Waals surface area contributed by atoms with Gasteiger partial charge in [-0.2, -0.15) is 0 Å². The van der Waals surface area contributed by atoms with Crippen LogP contribution < -0.4 is 16.0 Å². The lowest BCUT2D eigenvalue weighted by Crippen LogP contribution is -2.38. The molecule has 21 heavy (non-hydrogen) atoms. The van der Waals surface area contributed by atoms with Gasteiger partial charge in [-0.25, -0.2) is 0 Å². The number of hydrogen-bond donors (Lipinski definition) is 3. The predicted molar refractivity (Wildman–Crippen MR) is 79.1 cm³/mol. The Morgan fingerprint density at radius 3 is 3.00 bits per heavy atom. The number of fused-ring (bicyclic) bond motifs is 1. The molecule has 0 unspecified atom stereocenters. The Labute approximate surface area is 124 Å². The molecule has 2 amide bonds. The Morgan fingerprint density at radius 2 is 2.19 bits per heavy atom. The Morgan fingerprint density at radius 1 is 1.33 bits per heavy atom. The van der Waals surface area contributed by atoms with Crippen molar-refractivity contribution < 1.29 is 14.3 Å². The first-order chi connectivity index (χ1) is 10.2. The van der Waals surface area contributed by atoms with Gasteiger partial charge < -0.3 is 20.7 Å². The lowest BCUT2D eigenvalue weighted by atomic mass is 9.95. The van der Waals surface area contributed by atoms with Crippen molar-refractivity contribution in [2.75, 3.05) is 33.4 Å². The molecule has 0 aromatic heterocycles. The molecule has 0 spiro atoms. The number of hydrogen-bond acceptors (Lipinski definition) is 4. The normalized spacial score (nSPS) is 13.4. The smallest absolute Gasteiger partial charge is 0.252 e. The lowest BCUT2D eigenvalue weighted by Gasteiger charge is -2.19. The summed E-state index contributed by atoms with van der Waals surface area (Å²) in [5.74, 6) is -0.414. The number of rotatable bonds is 6. The number of carbonyl (C=O) groups is 2. The van der Waals surface area contributed by atoms with E-state index in [0.717, 1.165) is 30.6 Å². The fraction of sp³-hybridized carbons (Fsp3) is 0.467. The molecule has 0 bridgehead atoms. The molecule has 1 heterocycles. The molecular formula is C15H21N3O3. The van der Waals surface area contributed by atoms with Gasteiger partial charge in [-0.05, 0) is 30.2 Å². The zero-order valence-corrected chi connectivity index (χ0v) is 12.2. The second kappa shape index (κ2) is 7.75. The highest BCUT2D eigenvalue weighted by Gasteiger charge is 2.17. The van der Waals surface area contributed by atoms with Crippen LogP contribution in [0.25, 0.3) is 0 Å². The topological polar surface area (TPSA) is 79.5 Å². The van der Waals surface area contributed by atoms with Gasteiger partial charge >= 0.3 is 0 Å². The molecule has 6 heteroatoms. The van der Waals surface area contributed by atoms with Crippen molar-refractivity contribution in [1.82, 2.24) is 16.0 Å². The SMILES string of the molecule is COCCNC(=O)CNC(=O)c1cccc2c1CCNC2. The van der Waals surface area contributed by atoms with Gasteiger partial charge in [0, 0.05) is 25.8 Å². The van der Waals surface area contributed by atoms with Crippen molar-refractivity contribution in [2.24, 2.45) is 0 Å². The summed E-state index contributed by atoms with van der Waals surface area (Å²) in [6.07, 6.45) is 0.832. The quantitative estimate of drug-likeness (QED) is 0.636. The third-order valence-corrected chi connectivity index (χ3v) is 3.42. The second-order valence-corrected chi connectivity index (χ2v) is 4.90. The minimum absolute atomic E-state index is 0.0233. The molecule has 1 aliphatic rings. The van der Waals surface area contributed by atoms with Crippen molar-refractivity contribution in [3.8, 4) is 0 Å². The maximum absolute atomic E-state index is 12.2. The van der Waals surface area contributed by atoms with Crippen molar-refractivity contribution in [3.63, 3.8) is 0 Å². The van der Waals surface area contributed by atoms with Gasteiger partial charge in [-0.1, -0.05) is 12.1 Å². The predicted octanol–water partition coefficient (Wildman–Crippen LogP) is -0.175. The van der Waals surface area contributed by atoms with E-state index in [0.29, 0.717) is 18.7 Å². The monoisotopic (exact) mass is 291 g/mol. The van der Waals surface area contributed by atoms with Crippen molar-refractivity contribution in [3.05, 3.63) is 34.9 Å². The number of methoxy groups -OCH3 is 1. The second-order valence-electron chi connectivity index (χ2n) is 4.90. The van der Waals surface area contributed by atoms with Crippen LogP contribution >= 0.6 is 0 Å². The highest BCUT2D eigenvalue weighted by molar-refractivity contribution is 5.98. The van der Waals surface area contributed by atoms with E-state index in [-0.39, 0.29) is 18.4 Å². The van der Waals surface area contributed by atoms with Gasteiger partial charge in [-0.15, -0.1) is 0 Å². The molecule has 6 nitrogen and oxygen atoms in total. The van der Waals surface area contributed by atoms with Crippen LogP contribution in [0.15, 0.2) is 18.2 Å². The maximum Gasteiger partial charge on any atom is 0.252 e. The number of nitrogens with one attached hydrogen (secondary N) is 3. The molecule has 1 aromatic rings. The van der Waals surface area contributed by atoms with Crippen molar-refractivity contribution in [1.29, 1.82) is 0 Å². The van der Waals surface area contributed by atoms with E-state index >= 15 is 0 Å². The number of benzene rings is 1. The van der Waals surface area contributed by atoms with E-state index < -0.39 is 0 Å². The molecule has 0 fully saturated rings. The van der Waals surface area contributed by atoms with E-state index in [1.165, 1.54) is 0 Å². The number of amides is 2. The Kier molecular flexibility index (Phi) is 5.71. The Hall–Kier alpha value is -1.92. The van der Waals surface area contributed by atoms with Crippen molar-refractivity contribution in [2.45, 2.75) is 13.0 Å². The van der Waals surface area contributed by atoms with Crippen LogP contribution in [-0.2, 0) is 22.5 Å². The highest BCUT2D eigenvalue weighted by atomic mass is 16.5. The highest BCUT2D eigenvalue weighted by Crippen LogP contribution is 2.18. The first-order valence-corrected chi connectivity index (χ1v) is 7.07. The fourth-order valence-corrected chi connectivity index (χ4v) is 2.36. The molecule has 0 radical (unpaired) electrons. The summed E-state index contributed by atoms with van der Waals surface area (Å²) in [5.41, 5.74) is 2.89. The maximum atomic E-state index is 12.2. The Bertz CT molecular complexity index is 517. The average Bonchev–Trinajstić information content (AvgIpc) is 2.52. The summed E-state index contributed by atoms with van der Waals surface area (Å²) >= 11 is 0. The van der Waals surface area contributed by atoms with Crippen LogP contribution in [0.1, 0.15) is 21.5 Å². The third-order valence-electron chi connectivity index (χ3n) is 3.42. The molecule has 114 valence electrons. The van der Waals surface area contributed by atoms with Crippen LogP contribution in [0.5, 0.6) is 0 Å². The summed E-state index contributed by atoms with van der Waals surface area (Å²) in [6, 6.07) is 5.71. The van der Waals surface area contributed by atoms with Crippen LogP contribution in [0.3, 0.4) is 0 Å². The number of carbonyl (C=O) groups excluding carboxylic acids is 2. The van der Waals surface area contributed by atoms with Crippen LogP contribution in [-0.4, -0.2) is 45.2 Å². The molecule has 0 saturated carbocycles. The minimum atomic E-state index is -0.216. The molecule has 0 atom stereocenters. The van der Waals surface area contributed by atoms with Gasteiger partial charge in [0.05, 0.1) is 13.2 Å². The summed E-state index contributed by atoms with van der Waals surface area (Å²) < 4.78 is 4.84. The largest absolute Gasteiger partial charge is 0.383 e. The zero-order valence-electron chi connectivity index (χ0n) is 12.2. The van der Waals surface area contributed by atoms with E-state index in [9.17, 15) is 9.59 Å². The van der Waals surface area contributed by atoms with Crippen LogP contribution in [0, 0.1) is 0 Å². The average molecular weight is 291 g/mol. The third kappa shape index (κ3) is 4.27.